The molecule has 176 valence electrons. The maximum atomic E-state index is 10.6. The molecule has 0 saturated carbocycles. The smallest absolute Gasteiger partial charge is 0.282 e. The van der Waals surface area contributed by atoms with E-state index in [2.05, 4.69) is 6.92 Å². The van der Waals surface area contributed by atoms with Crippen molar-refractivity contribution >= 4 is 0 Å². The first-order valence-corrected chi connectivity index (χ1v) is 10.5. The van der Waals surface area contributed by atoms with Crippen LogP contribution in [0.2, 0.25) is 0 Å². The Bertz CT molecular complexity index is 549. The average Bonchev–Trinajstić information content (AvgIpc) is 3.04. The number of rotatable bonds is 8. The van der Waals surface area contributed by atoms with Crippen molar-refractivity contribution < 1.29 is 54.0 Å². The van der Waals surface area contributed by atoms with Gasteiger partial charge in [-0.2, -0.15) is 0 Å². The molecule has 0 aliphatic carbocycles. The molecule has 3 saturated heterocycles. The molecular formula is C19H34O11. The third kappa shape index (κ3) is 4.97. The molecule has 1 unspecified atom stereocenters. The van der Waals surface area contributed by atoms with Gasteiger partial charge in [0.1, 0.15) is 42.7 Å². The molecule has 0 aromatic carbocycles. The summed E-state index contributed by atoms with van der Waals surface area (Å²) in [5, 5.41) is 50.2. The second-order valence-corrected chi connectivity index (χ2v) is 8.12. The number of hydrogen-bond acceptors (Lipinski definition) is 11. The highest BCUT2D eigenvalue weighted by atomic mass is 16.9. The predicted molar refractivity (Wildman–Crippen MR) is 98.8 cm³/mol. The number of unbranched alkanes of at least 4 members (excludes halogenated alkanes) is 2. The van der Waals surface area contributed by atoms with Gasteiger partial charge in [0.2, 0.25) is 0 Å². The zero-order valence-electron chi connectivity index (χ0n) is 17.5. The van der Waals surface area contributed by atoms with E-state index in [-0.39, 0.29) is 0 Å². The first kappa shape index (κ1) is 24.2. The Kier molecular flexibility index (Phi) is 8.07. The molecule has 0 spiro atoms. The number of ether oxygens (including phenoxy) is 6. The Morgan fingerprint density at radius 1 is 0.933 bits per heavy atom. The standard InChI is InChI=1S/C19H34O11/c1-4-5-6-7-25-19(3)29-16-15(11(21)9(2)26-18(16)30-19)28-17-14(24)13(23)12(22)10(8-20)27-17/h9-18,20-24H,4-8H2,1-3H3/t9-,10+,11-,12+,13-,14+,15-,16+,17+,18+,19?/m0/s1. The Morgan fingerprint density at radius 2 is 1.67 bits per heavy atom. The number of aliphatic hydroxyl groups excluding tert-OH is 5. The summed E-state index contributed by atoms with van der Waals surface area (Å²) in [4.78, 5) is 0. The van der Waals surface area contributed by atoms with Gasteiger partial charge in [0.05, 0.1) is 19.3 Å². The van der Waals surface area contributed by atoms with Gasteiger partial charge in [0.25, 0.3) is 5.97 Å². The Balaban J connectivity index is 1.70. The molecule has 11 heteroatoms. The fourth-order valence-electron chi connectivity index (χ4n) is 3.86. The van der Waals surface area contributed by atoms with Crippen molar-refractivity contribution in [1.82, 2.24) is 0 Å². The first-order valence-electron chi connectivity index (χ1n) is 10.5. The van der Waals surface area contributed by atoms with Crippen LogP contribution in [0.4, 0.5) is 0 Å². The summed E-state index contributed by atoms with van der Waals surface area (Å²) in [7, 11) is 0. The van der Waals surface area contributed by atoms with Gasteiger partial charge in [-0.05, 0) is 13.3 Å². The molecule has 5 N–H and O–H groups in total. The Labute approximate surface area is 175 Å². The number of fused-ring (bicyclic) bond motifs is 1. The van der Waals surface area contributed by atoms with E-state index in [1.807, 2.05) is 0 Å². The van der Waals surface area contributed by atoms with Crippen molar-refractivity contribution in [3.63, 3.8) is 0 Å². The van der Waals surface area contributed by atoms with Crippen molar-refractivity contribution in [3.8, 4) is 0 Å². The van der Waals surface area contributed by atoms with Gasteiger partial charge in [-0.15, -0.1) is 0 Å². The lowest BCUT2D eigenvalue weighted by atomic mass is 9.97. The molecule has 30 heavy (non-hydrogen) atoms. The SMILES string of the molecule is CCCCCOC1(C)O[C@H]2O[C@@H](C)[C@H](O)[C@H](O[C@H]3O[C@H](CO)[C@@H](O)[C@H](O)[C@H]3O)[C@H]2O1. The third-order valence-electron chi connectivity index (χ3n) is 5.69. The van der Waals surface area contributed by atoms with E-state index in [1.165, 1.54) is 0 Å². The topological polar surface area (TPSA) is 157 Å². The molecule has 0 aromatic rings. The summed E-state index contributed by atoms with van der Waals surface area (Å²) in [6.07, 6.45) is -9.11. The van der Waals surface area contributed by atoms with Gasteiger partial charge in [0.15, 0.2) is 12.6 Å². The Morgan fingerprint density at radius 3 is 2.33 bits per heavy atom. The number of aliphatic hydroxyl groups is 5. The molecule has 0 aromatic heterocycles. The summed E-state index contributed by atoms with van der Waals surface area (Å²) < 4.78 is 34.3. The van der Waals surface area contributed by atoms with E-state index in [0.29, 0.717) is 6.61 Å². The minimum absolute atomic E-state index is 0.417. The van der Waals surface area contributed by atoms with Gasteiger partial charge in [-0.25, -0.2) is 0 Å². The monoisotopic (exact) mass is 438 g/mol. The van der Waals surface area contributed by atoms with Crippen LogP contribution in [0.5, 0.6) is 0 Å². The Hall–Kier alpha value is -0.440. The largest absolute Gasteiger partial charge is 0.394 e. The van der Waals surface area contributed by atoms with Gasteiger partial charge < -0.3 is 49.2 Å². The van der Waals surface area contributed by atoms with E-state index >= 15 is 0 Å². The van der Waals surface area contributed by atoms with Crippen LogP contribution in [0.3, 0.4) is 0 Å². The molecule has 11 nitrogen and oxygen atoms in total. The second-order valence-electron chi connectivity index (χ2n) is 8.12. The molecule has 3 rings (SSSR count). The van der Waals surface area contributed by atoms with Crippen molar-refractivity contribution in [2.24, 2.45) is 0 Å². The minimum Gasteiger partial charge on any atom is -0.394 e. The van der Waals surface area contributed by atoms with Gasteiger partial charge in [0, 0.05) is 6.92 Å². The van der Waals surface area contributed by atoms with Gasteiger partial charge in [-0.3, -0.25) is 4.74 Å². The van der Waals surface area contributed by atoms with Crippen molar-refractivity contribution in [1.29, 1.82) is 0 Å². The summed E-state index contributed by atoms with van der Waals surface area (Å²) in [6.45, 7) is 5.14. The van der Waals surface area contributed by atoms with Crippen molar-refractivity contribution in [3.05, 3.63) is 0 Å². The fourth-order valence-corrected chi connectivity index (χ4v) is 3.86. The van der Waals surface area contributed by atoms with Crippen LogP contribution in [-0.4, -0.2) is 106 Å². The normalized spacial score (nSPS) is 49.2. The van der Waals surface area contributed by atoms with Crippen LogP contribution in [0.25, 0.3) is 0 Å². The molecule has 3 fully saturated rings. The van der Waals surface area contributed by atoms with Crippen LogP contribution in [0.1, 0.15) is 40.0 Å². The van der Waals surface area contributed by atoms with Gasteiger partial charge in [-0.1, -0.05) is 19.8 Å². The molecule has 3 heterocycles. The van der Waals surface area contributed by atoms with Gasteiger partial charge >= 0.3 is 0 Å². The first-order chi connectivity index (χ1) is 14.2. The molecule has 3 aliphatic heterocycles. The zero-order valence-corrected chi connectivity index (χ0v) is 17.5. The summed E-state index contributed by atoms with van der Waals surface area (Å²) in [6, 6.07) is 0. The van der Waals surface area contributed by atoms with Crippen LogP contribution in [0.15, 0.2) is 0 Å². The molecule has 11 atom stereocenters. The lowest BCUT2D eigenvalue weighted by Gasteiger charge is -2.44. The minimum atomic E-state index is -1.61. The average molecular weight is 438 g/mol. The second kappa shape index (κ2) is 10.0. The van der Waals surface area contributed by atoms with E-state index in [4.69, 9.17) is 28.4 Å². The molecule has 0 radical (unpaired) electrons. The van der Waals surface area contributed by atoms with E-state index in [1.54, 1.807) is 13.8 Å². The highest BCUT2D eigenvalue weighted by Crippen LogP contribution is 2.39. The fraction of sp³-hybridized carbons (Fsp3) is 1.00. The highest BCUT2D eigenvalue weighted by Gasteiger charge is 2.58. The molecule has 3 aliphatic rings. The van der Waals surface area contributed by atoms with Crippen molar-refractivity contribution in [2.75, 3.05) is 13.2 Å². The zero-order chi connectivity index (χ0) is 22.1. The van der Waals surface area contributed by atoms with Crippen molar-refractivity contribution in [2.45, 2.75) is 107 Å². The summed E-state index contributed by atoms with van der Waals surface area (Å²) in [5.41, 5.74) is 0. The quantitative estimate of drug-likeness (QED) is 0.283. The lowest BCUT2D eigenvalue weighted by Crippen LogP contribution is -2.63. The van der Waals surface area contributed by atoms with Crippen LogP contribution in [0, 0.1) is 0 Å². The maximum absolute atomic E-state index is 10.6. The predicted octanol–water partition coefficient (Wildman–Crippen LogP) is -1.43. The molecular weight excluding hydrogens is 404 g/mol. The van der Waals surface area contributed by atoms with Crippen LogP contribution >= 0.6 is 0 Å². The molecule has 0 amide bonds. The highest BCUT2D eigenvalue weighted by molar-refractivity contribution is 4.95. The lowest BCUT2D eigenvalue weighted by molar-refractivity contribution is -0.346. The number of hydrogen-bond donors (Lipinski definition) is 5. The third-order valence-corrected chi connectivity index (χ3v) is 5.69. The molecule has 0 bridgehead atoms. The maximum Gasteiger partial charge on any atom is 0.282 e. The summed E-state index contributed by atoms with van der Waals surface area (Å²) in [5.74, 6) is -1.40. The van der Waals surface area contributed by atoms with E-state index in [0.717, 1.165) is 19.3 Å². The van der Waals surface area contributed by atoms with Crippen LogP contribution in [-0.2, 0) is 28.4 Å². The van der Waals surface area contributed by atoms with E-state index in [9.17, 15) is 25.5 Å². The van der Waals surface area contributed by atoms with Crippen LogP contribution < -0.4 is 0 Å². The van der Waals surface area contributed by atoms with E-state index < -0.39 is 74.0 Å². The summed E-state index contributed by atoms with van der Waals surface area (Å²) >= 11 is 0.